The minimum atomic E-state index is 0.570. The van der Waals surface area contributed by atoms with Crippen molar-refractivity contribution in [1.29, 1.82) is 0 Å². The van der Waals surface area contributed by atoms with Crippen molar-refractivity contribution in [2.45, 2.75) is 12.7 Å². The van der Waals surface area contributed by atoms with Crippen LogP contribution in [0.4, 0.5) is 0 Å². The molecule has 0 radical (unpaired) electrons. The molecular weight excluding hydrogens is 208 g/mol. The summed E-state index contributed by atoms with van der Waals surface area (Å²) in [5, 5.41) is 0. The minimum Gasteiger partial charge on any atom is -0.261 e. The number of hydrogen-bond acceptors (Lipinski definition) is 5. The average Bonchev–Trinajstić information content (AvgIpc) is 2.29. The third-order valence-corrected chi connectivity index (χ3v) is 2.19. The van der Waals surface area contributed by atoms with Crippen LogP contribution < -0.4 is 0 Å². The van der Waals surface area contributed by atoms with Crippen molar-refractivity contribution in [2.24, 2.45) is 0 Å². The molecule has 0 amide bonds. The maximum atomic E-state index is 4.36. The molecule has 2 aromatic rings. The summed E-state index contributed by atoms with van der Waals surface area (Å²) in [6.45, 7) is 1.90. The quantitative estimate of drug-likeness (QED) is 0.779. The Bertz CT molecular complexity index is 472. The number of nitrogens with zero attached hydrogens (tertiary/aromatic N) is 4. The highest BCUT2D eigenvalue weighted by molar-refractivity contribution is 7.79. The Morgan fingerprint density at radius 3 is 2.33 bits per heavy atom. The van der Waals surface area contributed by atoms with E-state index in [4.69, 9.17) is 0 Å². The Labute approximate surface area is 93.3 Å². The molecule has 76 valence electrons. The molecule has 0 unspecified atom stereocenters. The van der Waals surface area contributed by atoms with Gasteiger partial charge in [0.05, 0.1) is 23.8 Å². The first-order chi connectivity index (χ1) is 7.29. The van der Waals surface area contributed by atoms with Gasteiger partial charge in [0.1, 0.15) is 11.4 Å². The maximum absolute atomic E-state index is 4.36. The van der Waals surface area contributed by atoms with Gasteiger partial charge in [0.25, 0.3) is 0 Å². The molecule has 2 heterocycles. The van der Waals surface area contributed by atoms with Gasteiger partial charge < -0.3 is 0 Å². The van der Waals surface area contributed by atoms with Crippen molar-refractivity contribution in [1.82, 2.24) is 19.9 Å². The normalized spacial score (nSPS) is 10.3. The predicted octanol–water partition coefficient (Wildman–Crippen LogP) is 1.67. The van der Waals surface area contributed by atoms with Crippen molar-refractivity contribution in [3.63, 3.8) is 0 Å². The number of aryl methyl sites for hydroxylation is 1. The molecule has 0 aromatic carbocycles. The molecule has 0 aliphatic rings. The SMILES string of the molecule is Cc1cncc(-c2cncc(CS)n2)n1. The molecule has 0 atom stereocenters. The fourth-order valence-corrected chi connectivity index (χ4v) is 1.35. The summed E-state index contributed by atoms with van der Waals surface area (Å²) in [6, 6.07) is 0. The molecule has 5 heteroatoms. The van der Waals surface area contributed by atoms with Crippen molar-refractivity contribution in [3.05, 3.63) is 36.2 Å². The minimum absolute atomic E-state index is 0.570. The van der Waals surface area contributed by atoms with Crippen LogP contribution in [0.2, 0.25) is 0 Å². The maximum Gasteiger partial charge on any atom is 0.109 e. The second kappa shape index (κ2) is 4.35. The van der Waals surface area contributed by atoms with Crippen LogP contribution in [0, 0.1) is 6.92 Å². The van der Waals surface area contributed by atoms with E-state index in [1.165, 1.54) is 0 Å². The van der Waals surface area contributed by atoms with E-state index in [9.17, 15) is 0 Å². The largest absolute Gasteiger partial charge is 0.261 e. The van der Waals surface area contributed by atoms with Crippen molar-refractivity contribution >= 4 is 12.6 Å². The Kier molecular flexibility index (Phi) is 2.91. The highest BCUT2D eigenvalue weighted by atomic mass is 32.1. The molecular formula is C10H10N4S. The fourth-order valence-electron chi connectivity index (χ4n) is 1.19. The van der Waals surface area contributed by atoms with Crippen molar-refractivity contribution < 1.29 is 0 Å². The molecule has 15 heavy (non-hydrogen) atoms. The Morgan fingerprint density at radius 1 is 1.00 bits per heavy atom. The molecule has 0 spiro atoms. The number of thiol groups is 1. The lowest BCUT2D eigenvalue weighted by Crippen LogP contribution is -1.95. The third-order valence-electron chi connectivity index (χ3n) is 1.86. The van der Waals surface area contributed by atoms with Crippen LogP contribution in [0.1, 0.15) is 11.4 Å². The molecule has 0 fully saturated rings. The van der Waals surface area contributed by atoms with Gasteiger partial charge >= 0.3 is 0 Å². The highest BCUT2D eigenvalue weighted by Gasteiger charge is 2.03. The van der Waals surface area contributed by atoms with Gasteiger partial charge in [0.2, 0.25) is 0 Å². The van der Waals surface area contributed by atoms with Crippen LogP contribution in [-0.4, -0.2) is 19.9 Å². The van der Waals surface area contributed by atoms with Crippen LogP contribution in [-0.2, 0) is 5.75 Å². The first kappa shape index (κ1) is 10.0. The van der Waals surface area contributed by atoms with Crippen LogP contribution in [0.15, 0.2) is 24.8 Å². The number of aromatic nitrogens is 4. The van der Waals surface area contributed by atoms with Crippen LogP contribution in [0.25, 0.3) is 11.4 Å². The van der Waals surface area contributed by atoms with Gasteiger partial charge in [-0.25, -0.2) is 9.97 Å². The van der Waals surface area contributed by atoms with Gasteiger partial charge in [0.15, 0.2) is 0 Å². The zero-order valence-electron chi connectivity index (χ0n) is 8.25. The smallest absolute Gasteiger partial charge is 0.109 e. The molecule has 0 N–H and O–H groups in total. The highest BCUT2D eigenvalue weighted by Crippen LogP contribution is 2.12. The molecule has 0 aliphatic heterocycles. The summed E-state index contributed by atoms with van der Waals surface area (Å²) in [7, 11) is 0. The van der Waals surface area contributed by atoms with E-state index in [1.807, 2.05) is 6.92 Å². The Balaban J connectivity index is 2.44. The Hall–Kier alpha value is -1.49. The second-order valence-corrected chi connectivity index (χ2v) is 3.42. The zero-order chi connectivity index (χ0) is 10.7. The predicted molar refractivity (Wildman–Crippen MR) is 60.5 cm³/mol. The Morgan fingerprint density at radius 2 is 1.67 bits per heavy atom. The van der Waals surface area contributed by atoms with Crippen LogP contribution >= 0.6 is 12.6 Å². The van der Waals surface area contributed by atoms with Gasteiger partial charge in [-0.3, -0.25) is 9.97 Å². The monoisotopic (exact) mass is 218 g/mol. The van der Waals surface area contributed by atoms with Gasteiger partial charge in [0, 0.05) is 18.1 Å². The average molecular weight is 218 g/mol. The number of hydrogen-bond donors (Lipinski definition) is 1. The first-order valence-electron chi connectivity index (χ1n) is 4.50. The van der Waals surface area contributed by atoms with Gasteiger partial charge in [-0.2, -0.15) is 12.6 Å². The zero-order valence-corrected chi connectivity index (χ0v) is 9.15. The van der Waals surface area contributed by atoms with Crippen LogP contribution in [0.3, 0.4) is 0 Å². The summed E-state index contributed by atoms with van der Waals surface area (Å²) in [6.07, 6.45) is 6.76. The fraction of sp³-hybridized carbons (Fsp3) is 0.200. The second-order valence-electron chi connectivity index (χ2n) is 3.10. The summed E-state index contributed by atoms with van der Waals surface area (Å²) in [5.74, 6) is 0.570. The van der Waals surface area contributed by atoms with Gasteiger partial charge in [-0.15, -0.1) is 0 Å². The topological polar surface area (TPSA) is 51.6 Å². The van der Waals surface area contributed by atoms with Crippen molar-refractivity contribution in [2.75, 3.05) is 0 Å². The van der Waals surface area contributed by atoms with Crippen LogP contribution in [0.5, 0.6) is 0 Å². The standard InChI is InChI=1S/C10H10N4S/c1-7-2-11-4-9(13-7)10-5-12-3-8(6-15)14-10/h2-5,15H,6H2,1H3. The number of rotatable bonds is 2. The summed E-state index contributed by atoms with van der Waals surface area (Å²) in [5.41, 5.74) is 3.17. The molecule has 0 saturated heterocycles. The lowest BCUT2D eigenvalue weighted by molar-refractivity contribution is 1.06. The van der Waals surface area contributed by atoms with Gasteiger partial charge in [-0.1, -0.05) is 0 Å². The molecule has 2 aromatic heterocycles. The van der Waals surface area contributed by atoms with Gasteiger partial charge in [-0.05, 0) is 6.92 Å². The summed E-state index contributed by atoms with van der Waals surface area (Å²) >= 11 is 4.15. The third kappa shape index (κ3) is 2.30. The molecule has 0 bridgehead atoms. The van der Waals surface area contributed by atoms with E-state index >= 15 is 0 Å². The van der Waals surface area contributed by atoms with E-state index in [0.29, 0.717) is 5.75 Å². The van der Waals surface area contributed by atoms with E-state index in [-0.39, 0.29) is 0 Å². The van der Waals surface area contributed by atoms with Crippen molar-refractivity contribution in [3.8, 4) is 11.4 Å². The summed E-state index contributed by atoms with van der Waals surface area (Å²) in [4.78, 5) is 16.8. The van der Waals surface area contributed by atoms with E-state index < -0.39 is 0 Å². The lowest BCUT2D eigenvalue weighted by Gasteiger charge is -2.01. The first-order valence-corrected chi connectivity index (χ1v) is 5.13. The molecule has 0 aliphatic carbocycles. The molecule has 2 rings (SSSR count). The van der Waals surface area contributed by atoms with E-state index in [0.717, 1.165) is 22.8 Å². The molecule has 0 saturated carbocycles. The lowest BCUT2D eigenvalue weighted by atomic mass is 10.3. The summed E-state index contributed by atoms with van der Waals surface area (Å²) < 4.78 is 0. The van der Waals surface area contributed by atoms with E-state index in [1.54, 1.807) is 24.8 Å². The van der Waals surface area contributed by atoms with E-state index in [2.05, 4.69) is 32.6 Å². The molecule has 4 nitrogen and oxygen atoms in total.